The average molecular weight is 356 g/mol. The highest BCUT2D eigenvalue weighted by molar-refractivity contribution is 6.21. The first kappa shape index (κ1) is 16.9. The van der Waals surface area contributed by atoms with Gasteiger partial charge in [-0.25, -0.2) is 0 Å². The molecule has 0 unspecified atom stereocenters. The third-order valence-corrected chi connectivity index (χ3v) is 4.59. The van der Waals surface area contributed by atoms with E-state index in [1.54, 1.807) is 24.3 Å². The van der Waals surface area contributed by atoms with Crippen LogP contribution in [0.5, 0.6) is 5.75 Å². The Labute approximate surface area is 156 Å². The molecule has 0 atom stereocenters. The average Bonchev–Trinajstić information content (AvgIpc) is 2.94. The monoisotopic (exact) mass is 356 g/mol. The summed E-state index contributed by atoms with van der Waals surface area (Å²) in [7, 11) is 0. The number of hydrogen-bond acceptors (Lipinski definition) is 4. The Kier molecular flexibility index (Phi) is 4.16. The molecule has 0 radical (unpaired) electrons. The number of rotatable bonds is 4. The molecule has 0 amide bonds. The van der Waals surface area contributed by atoms with Crippen molar-refractivity contribution in [3.63, 3.8) is 0 Å². The van der Waals surface area contributed by atoms with E-state index in [1.165, 1.54) is 6.92 Å². The van der Waals surface area contributed by atoms with E-state index in [4.69, 9.17) is 4.74 Å². The van der Waals surface area contributed by atoms with E-state index in [-0.39, 0.29) is 18.0 Å². The molecule has 0 bridgehead atoms. The van der Waals surface area contributed by atoms with Gasteiger partial charge < -0.3 is 4.74 Å². The van der Waals surface area contributed by atoms with Crippen LogP contribution in [0.4, 0.5) is 0 Å². The molecule has 0 fully saturated rings. The van der Waals surface area contributed by atoms with Gasteiger partial charge in [0.15, 0.2) is 11.6 Å². The summed E-state index contributed by atoms with van der Waals surface area (Å²) in [5, 5.41) is 0. The molecular weight excluding hydrogens is 340 g/mol. The second-order valence-electron chi connectivity index (χ2n) is 6.47. The predicted molar refractivity (Wildman–Crippen MR) is 101 cm³/mol. The normalized spacial score (nSPS) is 11.7. The molecule has 0 saturated heterocycles. The number of hydrogen-bond donors (Lipinski definition) is 0. The van der Waals surface area contributed by atoms with E-state index in [2.05, 4.69) is 0 Å². The van der Waals surface area contributed by atoms with Crippen molar-refractivity contribution in [3.8, 4) is 16.9 Å². The Hall–Kier alpha value is -3.53. The minimum atomic E-state index is -0.405. The lowest BCUT2D eigenvalue weighted by molar-refractivity contribution is -0.131. The van der Waals surface area contributed by atoms with Gasteiger partial charge in [-0.2, -0.15) is 0 Å². The summed E-state index contributed by atoms with van der Waals surface area (Å²) in [6.07, 6.45) is 0.198. The molecule has 0 spiro atoms. The Balaban J connectivity index is 1.55. The molecule has 1 aliphatic rings. The number of carbonyl (C=O) groups excluding carboxylic acids is 3. The second kappa shape index (κ2) is 6.65. The van der Waals surface area contributed by atoms with Gasteiger partial charge in [0.05, 0.1) is 0 Å². The first-order chi connectivity index (χ1) is 13.0. The Morgan fingerprint density at radius 1 is 0.815 bits per heavy atom. The molecule has 0 saturated carbocycles. The molecule has 27 heavy (non-hydrogen) atoms. The van der Waals surface area contributed by atoms with Gasteiger partial charge in [0, 0.05) is 30.0 Å². The Morgan fingerprint density at radius 2 is 1.48 bits per heavy atom. The van der Waals surface area contributed by atoms with Crippen LogP contribution in [0.3, 0.4) is 0 Å². The Morgan fingerprint density at radius 3 is 2.19 bits per heavy atom. The number of fused-ring (bicyclic) bond motifs is 3. The lowest BCUT2D eigenvalue weighted by atomic mass is 9.98. The summed E-state index contributed by atoms with van der Waals surface area (Å²) in [4.78, 5) is 36.1. The van der Waals surface area contributed by atoms with Crippen LogP contribution < -0.4 is 4.74 Å². The number of benzene rings is 3. The van der Waals surface area contributed by atoms with Gasteiger partial charge in [0.1, 0.15) is 5.75 Å². The standard InChI is InChI=1S/C23H16O4/c1-14(24)27-17-9-7-16(8-10-17)22(25)13-15-6-11-19-18-4-2-3-5-20(18)23(26)21(19)12-15/h2-12H,13H2,1H3. The number of ether oxygens (including phenoxy) is 1. The largest absolute Gasteiger partial charge is 0.427 e. The van der Waals surface area contributed by atoms with Crippen LogP contribution in [0.2, 0.25) is 0 Å². The van der Waals surface area contributed by atoms with Gasteiger partial charge in [-0.1, -0.05) is 36.4 Å². The van der Waals surface area contributed by atoms with Crippen LogP contribution in [0.1, 0.15) is 38.8 Å². The molecule has 0 aliphatic heterocycles. The van der Waals surface area contributed by atoms with Crippen molar-refractivity contribution < 1.29 is 19.1 Å². The van der Waals surface area contributed by atoms with Crippen LogP contribution >= 0.6 is 0 Å². The van der Waals surface area contributed by atoms with E-state index >= 15 is 0 Å². The highest BCUT2D eigenvalue weighted by Crippen LogP contribution is 2.36. The van der Waals surface area contributed by atoms with Gasteiger partial charge >= 0.3 is 5.97 Å². The molecule has 4 nitrogen and oxygen atoms in total. The molecule has 0 heterocycles. The van der Waals surface area contributed by atoms with Crippen molar-refractivity contribution in [1.82, 2.24) is 0 Å². The van der Waals surface area contributed by atoms with E-state index in [0.29, 0.717) is 22.4 Å². The number of ketones is 2. The third-order valence-electron chi connectivity index (χ3n) is 4.59. The minimum absolute atomic E-state index is 0.000587. The summed E-state index contributed by atoms with van der Waals surface area (Å²) in [5.41, 5.74) is 4.53. The van der Waals surface area contributed by atoms with Gasteiger partial charge in [0.25, 0.3) is 0 Å². The highest BCUT2D eigenvalue weighted by Gasteiger charge is 2.26. The number of Topliss-reactive ketones (excluding diaryl/α,β-unsaturated/α-hetero) is 1. The zero-order valence-corrected chi connectivity index (χ0v) is 14.7. The van der Waals surface area contributed by atoms with Crippen LogP contribution in [0.15, 0.2) is 66.7 Å². The molecule has 3 aromatic carbocycles. The fourth-order valence-corrected chi connectivity index (χ4v) is 3.35. The van der Waals surface area contributed by atoms with Gasteiger partial charge in [-0.3, -0.25) is 14.4 Å². The van der Waals surface area contributed by atoms with Crippen LogP contribution in [0.25, 0.3) is 11.1 Å². The maximum Gasteiger partial charge on any atom is 0.308 e. The fourth-order valence-electron chi connectivity index (χ4n) is 3.35. The summed E-state index contributed by atoms with van der Waals surface area (Å²) in [5.74, 6) is -0.0641. The summed E-state index contributed by atoms with van der Waals surface area (Å²) in [6, 6.07) is 19.6. The quantitative estimate of drug-likeness (QED) is 0.312. The van der Waals surface area contributed by atoms with Crippen molar-refractivity contribution in [2.24, 2.45) is 0 Å². The molecule has 4 rings (SSSR count). The molecule has 3 aromatic rings. The lowest BCUT2D eigenvalue weighted by Crippen LogP contribution is -2.05. The molecule has 132 valence electrons. The first-order valence-electron chi connectivity index (χ1n) is 8.61. The van der Waals surface area contributed by atoms with Crippen molar-refractivity contribution >= 4 is 17.5 Å². The maximum atomic E-state index is 12.6. The smallest absolute Gasteiger partial charge is 0.308 e. The fraction of sp³-hybridized carbons (Fsp3) is 0.0870. The second-order valence-corrected chi connectivity index (χ2v) is 6.47. The van der Waals surface area contributed by atoms with Crippen molar-refractivity contribution in [1.29, 1.82) is 0 Å². The van der Waals surface area contributed by atoms with Gasteiger partial charge in [0.2, 0.25) is 0 Å². The molecule has 1 aliphatic carbocycles. The minimum Gasteiger partial charge on any atom is -0.427 e. The molecular formula is C23H16O4. The Bertz CT molecular complexity index is 1080. The van der Waals surface area contributed by atoms with E-state index < -0.39 is 5.97 Å². The summed E-state index contributed by atoms with van der Waals surface area (Å²) < 4.78 is 4.97. The van der Waals surface area contributed by atoms with Crippen molar-refractivity contribution in [2.75, 3.05) is 0 Å². The van der Waals surface area contributed by atoms with Crippen LogP contribution in [-0.4, -0.2) is 17.5 Å². The van der Waals surface area contributed by atoms with Crippen molar-refractivity contribution in [2.45, 2.75) is 13.3 Å². The molecule has 0 N–H and O–H groups in total. The van der Waals surface area contributed by atoms with Gasteiger partial charge in [-0.05, 0) is 47.0 Å². The zero-order valence-electron chi connectivity index (χ0n) is 14.7. The number of carbonyl (C=O) groups is 3. The molecule has 4 heteroatoms. The third kappa shape index (κ3) is 3.17. The van der Waals surface area contributed by atoms with Crippen molar-refractivity contribution in [3.05, 3.63) is 89.0 Å². The van der Waals surface area contributed by atoms with E-state index in [1.807, 2.05) is 42.5 Å². The van der Waals surface area contributed by atoms with E-state index in [0.717, 1.165) is 16.7 Å². The molecule has 0 aromatic heterocycles. The topological polar surface area (TPSA) is 60.4 Å². The highest BCUT2D eigenvalue weighted by atomic mass is 16.5. The zero-order chi connectivity index (χ0) is 19.0. The van der Waals surface area contributed by atoms with Crippen LogP contribution in [0, 0.1) is 0 Å². The summed E-state index contributed by atoms with van der Waals surface area (Å²) in [6.45, 7) is 1.33. The van der Waals surface area contributed by atoms with Gasteiger partial charge in [-0.15, -0.1) is 0 Å². The summed E-state index contributed by atoms with van der Waals surface area (Å²) >= 11 is 0. The first-order valence-corrected chi connectivity index (χ1v) is 8.61. The van der Waals surface area contributed by atoms with Crippen LogP contribution in [-0.2, 0) is 11.2 Å². The lowest BCUT2D eigenvalue weighted by Gasteiger charge is -2.06. The maximum absolute atomic E-state index is 12.6. The van der Waals surface area contributed by atoms with E-state index in [9.17, 15) is 14.4 Å². The SMILES string of the molecule is CC(=O)Oc1ccc(C(=O)Cc2ccc3c(c2)C(=O)c2ccccc2-3)cc1. The number of esters is 1. The predicted octanol–water partition coefficient (Wildman–Crippen LogP) is 4.25.